The second-order valence-electron chi connectivity index (χ2n) is 6.11. The maximum atomic E-state index is 12.2. The quantitative estimate of drug-likeness (QED) is 0.928. The van der Waals surface area contributed by atoms with Crippen molar-refractivity contribution < 1.29 is 4.79 Å². The zero-order valence-corrected chi connectivity index (χ0v) is 12.2. The van der Waals surface area contributed by atoms with E-state index in [4.69, 9.17) is 5.26 Å². The minimum absolute atomic E-state index is 0.0484. The molecule has 4 heteroatoms. The molecule has 1 saturated carbocycles. The Labute approximate surface area is 125 Å². The van der Waals surface area contributed by atoms with Crippen molar-refractivity contribution in [2.45, 2.75) is 38.1 Å². The number of nitrogens with zero attached hydrogens (tertiary/aromatic N) is 2. The number of likely N-dealkylation sites (tertiary alicyclic amines) is 1. The molecule has 1 aromatic carbocycles. The third-order valence-corrected chi connectivity index (χ3v) is 4.75. The molecule has 0 aromatic heterocycles. The van der Waals surface area contributed by atoms with E-state index in [2.05, 4.69) is 16.3 Å². The van der Waals surface area contributed by atoms with Crippen LogP contribution in [-0.4, -0.2) is 29.9 Å². The van der Waals surface area contributed by atoms with Gasteiger partial charge in [-0.2, -0.15) is 5.26 Å². The van der Waals surface area contributed by atoms with Gasteiger partial charge in [0.2, 0.25) is 5.91 Å². The molecule has 1 heterocycles. The number of carbonyl (C=O) groups is 1. The summed E-state index contributed by atoms with van der Waals surface area (Å²) in [6, 6.07) is 9.71. The maximum absolute atomic E-state index is 12.2. The van der Waals surface area contributed by atoms with E-state index < -0.39 is 0 Å². The van der Waals surface area contributed by atoms with Crippen LogP contribution < -0.4 is 5.32 Å². The molecule has 0 bridgehead atoms. The Bertz CT molecular complexity index is 546. The molecule has 4 nitrogen and oxygen atoms in total. The number of anilines is 1. The van der Waals surface area contributed by atoms with Gasteiger partial charge in [-0.15, -0.1) is 0 Å². The maximum Gasteiger partial charge on any atom is 0.238 e. The second-order valence-corrected chi connectivity index (χ2v) is 6.11. The first-order valence-electron chi connectivity index (χ1n) is 7.80. The van der Waals surface area contributed by atoms with Gasteiger partial charge in [-0.05, 0) is 62.4 Å². The van der Waals surface area contributed by atoms with E-state index in [-0.39, 0.29) is 5.91 Å². The van der Waals surface area contributed by atoms with Gasteiger partial charge >= 0.3 is 0 Å². The first-order valence-corrected chi connectivity index (χ1v) is 7.80. The number of nitriles is 1. The monoisotopic (exact) mass is 283 g/mol. The molecule has 0 spiro atoms. The Morgan fingerprint density at radius 2 is 2.00 bits per heavy atom. The lowest BCUT2D eigenvalue weighted by Crippen LogP contribution is -2.46. The first-order chi connectivity index (χ1) is 10.3. The van der Waals surface area contributed by atoms with Crippen LogP contribution in [0.5, 0.6) is 0 Å². The first kappa shape index (κ1) is 14.1. The SMILES string of the molecule is N#Cc1ccc(NC(=O)CN2CCCC3CCCC32)cc1. The third kappa shape index (κ3) is 3.25. The average molecular weight is 283 g/mol. The van der Waals surface area contributed by atoms with Crippen LogP contribution in [0.1, 0.15) is 37.7 Å². The molecular weight excluding hydrogens is 262 g/mol. The van der Waals surface area contributed by atoms with Crippen LogP contribution in [0, 0.1) is 17.2 Å². The van der Waals surface area contributed by atoms with Crippen molar-refractivity contribution in [2.24, 2.45) is 5.92 Å². The van der Waals surface area contributed by atoms with Gasteiger partial charge in [-0.25, -0.2) is 0 Å². The standard InChI is InChI=1S/C17H21N3O/c18-11-13-6-8-15(9-7-13)19-17(21)12-20-10-2-4-14-3-1-5-16(14)20/h6-9,14,16H,1-5,10,12H2,(H,19,21). The Morgan fingerprint density at radius 3 is 2.76 bits per heavy atom. The van der Waals surface area contributed by atoms with Crippen molar-refractivity contribution in [3.05, 3.63) is 29.8 Å². The van der Waals surface area contributed by atoms with E-state index in [0.29, 0.717) is 18.2 Å². The molecule has 1 amide bonds. The molecule has 1 aromatic rings. The van der Waals surface area contributed by atoms with Crippen molar-refractivity contribution in [1.82, 2.24) is 4.90 Å². The number of fused-ring (bicyclic) bond motifs is 1. The van der Waals surface area contributed by atoms with Crippen LogP contribution in [0.2, 0.25) is 0 Å². The highest BCUT2D eigenvalue weighted by atomic mass is 16.2. The summed E-state index contributed by atoms with van der Waals surface area (Å²) in [6.45, 7) is 1.53. The van der Waals surface area contributed by atoms with E-state index in [0.717, 1.165) is 18.2 Å². The van der Waals surface area contributed by atoms with Crippen molar-refractivity contribution in [1.29, 1.82) is 5.26 Å². The van der Waals surface area contributed by atoms with Gasteiger partial charge in [-0.1, -0.05) is 6.42 Å². The van der Waals surface area contributed by atoms with Gasteiger partial charge in [0.15, 0.2) is 0 Å². The number of hydrogen-bond acceptors (Lipinski definition) is 3. The highest BCUT2D eigenvalue weighted by molar-refractivity contribution is 5.92. The molecule has 3 rings (SSSR count). The summed E-state index contributed by atoms with van der Waals surface area (Å²) >= 11 is 0. The molecule has 1 saturated heterocycles. The van der Waals surface area contributed by atoms with Crippen LogP contribution >= 0.6 is 0 Å². The van der Waals surface area contributed by atoms with Gasteiger partial charge < -0.3 is 5.32 Å². The zero-order chi connectivity index (χ0) is 14.7. The summed E-state index contributed by atoms with van der Waals surface area (Å²) in [7, 11) is 0. The lowest BCUT2D eigenvalue weighted by Gasteiger charge is -2.37. The summed E-state index contributed by atoms with van der Waals surface area (Å²) in [6.07, 6.45) is 6.43. The molecule has 1 aliphatic carbocycles. The lowest BCUT2D eigenvalue weighted by molar-refractivity contribution is -0.118. The van der Waals surface area contributed by atoms with Crippen LogP contribution in [0.25, 0.3) is 0 Å². The average Bonchev–Trinajstić information content (AvgIpc) is 2.97. The molecule has 0 radical (unpaired) electrons. The summed E-state index contributed by atoms with van der Waals surface area (Å²) in [5.41, 5.74) is 1.37. The molecule has 21 heavy (non-hydrogen) atoms. The highest BCUT2D eigenvalue weighted by Crippen LogP contribution is 2.36. The van der Waals surface area contributed by atoms with E-state index in [1.807, 2.05) is 0 Å². The predicted molar refractivity (Wildman–Crippen MR) is 81.7 cm³/mol. The van der Waals surface area contributed by atoms with Crippen LogP contribution in [0.4, 0.5) is 5.69 Å². The third-order valence-electron chi connectivity index (χ3n) is 4.75. The fourth-order valence-corrected chi connectivity index (χ4v) is 3.77. The van der Waals surface area contributed by atoms with E-state index in [9.17, 15) is 4.79 Å². The van der Waals surface area contributed by atoms with Crippen molar-refractivity contribution in [3.8, 4) is 6.07 Å². The number of carbonyl (C=O) groups excluding carboxylic acids is 1. The summed E-state index contributed by atoms with van der Waals surface area (Å²) in [5, 5.41) is 11.7. The van der Waals surface area contributed by atoms with E-state index >= 15 is 0 Å². The van der Waals surface area contributed by atoms with Gasteiger partial charge in [0.1, 0.15) is 0 Å². The van der Waals surface area contributed by atoms with Crippen molar-refractivity contribution in [3.63, 3.8) is 0 Å². The molecule has 2 unspecified atom stereocenters. The van der Waals surface area contributed by atoms with Crippen molar-refractivity contribution >= 4 is 11.6 Å². The van der Waals surface area contributed by atoms with Gasteiger partial charge in [0.25, 0.3) is 0 Å². The molecule has 110 valence electrons. The summed E-state index contributed by atoms with van der Waals surface area (Å²) < 4.78 is 0. The molecular formula is C17H21N3O. The van der Waals surface area contributed by atoms with Gasteiger partial charge in [-0.3, -0.25) is 9.69 Å². The van der Waals surface area contributed by atoms with E-state index in [1.165, 1.54) is 32.1 Å². The Hall–Kier alpha value is -1.86. The van der Waals surface area contributed by atoms with Crippen LogP contribution in [0.15, 0.2) is 24.3 Å². The Kier molecular flexibility index (Phi) is 4.21. The number of amides is 1. The summed E-state index contributed by atoms with van der Waals surface area (Å²) in [4.78, 5) is 14.6. The fraction of sp³-hybridized carbons (Fsp3) is 0.529. The highest BCUT2D eigenvalue weighted by Gasteiger charge is 2.35. The lowest BCUT2D eigenvalue weighted by atomic mass is 9.92. The largest absolute Gasteiger partial charge is 0.325 e. The van der Waals surface area contributed by atoms with Gasteiger partial charge in [0, 0.05) is 11.7 Å². The number of nitrogens with one attached hydrogen (secondary N) is 1. The smallest absolute Gasteiger partial charge is 0.238 e. The number of benzene rings is 1. The minimum Gasteiger partial charge on any atom is -0.325 e. The topological polar surface area (TPSA) is 56.1 Å². The predicted octanol–water partition coefficient (Wildman–Crippen LogP) is 2.76. The molecule has 2 aliphatic rings. The number of rotatable bonds is 3. The molecule has 1 N–H and O–H groups in total. The molecule has 2 atom stereocenters. The van der Waals surface area contributed by atoms with Crippen LogP contribution in [-0.2, 0) is 4.79 Å². The Balaban J connectivity index is 1.57. The molecule has 1 aliphatic heterocycles. The molecule has 2 fully saturated rings. The second kappa shape index (κ2) is 6.28. The number of piperidine rings is 1. The zero-order valence-electron chi connectivity index (χ0n) is 12.2. The minimum atomic E-state index is 0.0484. The Morgan fingerprint density at radius 1 is 1.24 bits per heavy atom. The van der Waals surface area contributed by atoms with Crippen LogP contribution in [0.3, 0.4) is 0 Å². The van der Waals surface area contributed by atoms with Crippen molar-refractivity contribution in [2.75, 3.05) is 18.4 Å². The number of hydrogen-bond donors (Lipinski definition) is 1. The summed E-state index contributed by atoms with van der Waals surface area (Å²) in [5.74, 6) is 0.855. The fourth-order valence-electron chi connectivity index (χ4n) is 3.77. The van der Waals surface area contributed by atoms with E-state index in [1.54, 1.807) is 24.3 Å². The van der Waals surface area contributed by atoms with Gasteiger partial charge in [0.05, 0.1) is 18.2 Å². The normalized spacial score (nSPS) is 25.1.